The Kier molecular flexibility index (Phi) is 4.32. The summed E-state index contributed by atoms with van der Waals surface area (Å²) >= 11 is 0. The molecule has 4 nitrogen and oxygen atoms in total. The zero-order valence-electron chi connectivity index (χ0n) is 12.3. The van der Waals surface area contributed by atoms with Crippen molar-refractivity contribution in [2.75, 3.05) is 6.54 Å². The van der Waals surface area contributed by atoms with Crippen molar-refractivity contribution in [1.82, 2.24) is 10.3 Å². The molecule has 1 aromatic carbocycles. The van der Waals surface area contributed by atoms with Crippen LogP contribution in [0.25, 0.3) is 10.9 Å². The zero-order chi connectivity index (χ0) is 14.6. The average molecular weight is 274 g/mol. The maximum Gasteiger partial charge on any atom is 0.407 e. The summed E-state index contributed by atoms with van der Waals surface area (Å²) < 4.78 is 5.19. The Bertz CT molecular complexity index is 581. The largest absolute Gasteiger partial charge is 0.444 e. The number of rotatable bonds is 4. The molecule has 0 aliphatic carbocycles. The predicted octanol–water partition coefficient (Wildman–Crippen LogP) is 3.63. The number of carbonyl (C=O) groups is 1. The number of nitrogens with one attached hydrogen (secondary N) is 2. The van der Waals surface area contributed by atoms with Crippen LogP contribution < -0.4 is 5.32 Å². The molecule has 2 rings (SSSR count). The summed E-state index contributed by atoms with van der Waals surface area (Å²) in [5.74, 6) is 0. The van der Waals surface area contributed by atoms with Crippen LogP contribution in [0, 0.1) is 0 Å². The van der Waals surface area contributed by atoms with Crippen molar-refractivity contribution in [2.24, 2.45) is 0 Å². The first-order valence-corrected chi connectivity index (χ1v) is 6.97. The van der Waals surface area contributed by atoms with Gasteiger partial charge in [0.1, 0.15) is 5.60 Å². The Morgan fingerprint density at radius 3 is 2.80 bits per heavy atom. The Balaban J connectivity index is 1.78. The van der Waals surface area contributed by atoms with Crippen molar-refractivity contribution in [1.29, 1.82) is 0 Å². The number of ether oxygens (including phenoxy) is 1. The molecule has 0 spiro atoms. The predicted molar refractivity (Wildman–Crippen MR) is 80.9 cm³/mol. The van der Waals surface area contributed by atoms with E-state index in [9.17, 15) is 4.79 Å². The van der Waals surface area contributed by atoms with Gasteiger partial charge in [0.05, 0.1) is 0 Å². The minimum Gasteiger partial charge on any atom is -0.444 e. The smallest absolute Gasteiger partial charge is 0.407 e. The minimum absolute atomic E-state index is 0.351. The standard InChI is InChI=1S/C16H22N2O2/c1-16(2,3)20-15(19)17-10-6-7-12-11-18-14-9-5-4-8-13(12)14/h4-5,8-9,11,18H,6-7,10H2,1-3H3,(H,17,19). The van der Waals surface area contributed by atoms with Gasteiger partial charge in [-0.05, 0) is 45.2 Å². The molecular weight excluding hydrogens is 252 g/mol. The lowest BCUT2D eigenvalue weighted by Crippen LogP contribution is -2.33. The Morgan fingerprint density at radius 2 is 2.05 bits per heavy atom. The van der Waals surface area contributed by atoms with E-state index in [2.05, 4.69) is 22.4 Å². The normalized spacial score (nSPS) is 11.6. The molecule has 0 unspecified atom stereocenters. The van der Waals surface area contributed by atoms with Gasteiger partial charge in [-0.15, -0.1) is 0 Å². The molecule has 1 heterocycles. The van der Waals surface area contributed by atoms with Gasteiger partial charge in [-0.1, -0.05) is 18.2 Å². The van der Waals surface area contributed by atoms with Crippen LogP contribution in [0.15, 0.2) is 30.5 Å². The van der Waals surface area contributed by atoms with Crippen molar-refractivity contribution >= 4 is 17.0 Å². The SMILES string of the molecule is CC(C)(C)OC(=O)NCCCc1c[nH]c2ccccc12. The van der Waals surface area contributed by atoms with Gasteiger partial charge in [0, 0.05) is 23.6 Å². The molecule has 0 atom stereocenters. The van der Waals surface area contributed by atoms with E-state index in [1.807, 2.05) is 39.1 Å². The molecule has 0 aliphatic heterocycles. The van der Waals surface area contributed by atoms with Crippen molar-refractivity contribution in [3.8, 4) is 0 Å². The Hall–Kier alpha value is -1.97. The highest BCUT2D eigenvalue weighted by atomic mass is 16.6. The van der Waals surface area contributed by atoms with Crippen LogP contribution in [0.1, 0.15) is 32.8 Å². The van der Waals surface area contributed by atoms with Crippen LogP contribution in [-0.4, -0.2) is 23.2 Å². The summed E-state index contributed by atoms with van der Waals surface area (Å²) in [6.07, 6.45) is 3.51. The number of aromatic nitrogens is 1. The summed E-state index contributed by atoms with van der Waals surface area (Å²) in [6, 6.07) is 8.24. The number of para-hydroxylation sites is 1. The lowest BCUT2D eigenvalue weighted by Gasteiger charge is -2.19. The van der Waals surface area contributed by atoms with Crippen molar-refractivity contribution < 1.29 is 9.53 Å². The average Bonchev–Trinajstić information content (AvgIpc) is 2.76. The molecule has 0 aliphatic rings. The second-order valence-electron chi connectivity index (χ2n) is 5.89. The van der Waals surface area contributed by atoms with E-state index in [1.54, 1.807) is 0 Å². The highest BCUT2D eigenvalue weighted by molar-refractivity contribution is 5.83. The lowest BCUT2D eigenvalue weighted by atomic mass is 10.1. The van der Waals surface area contributed by atoms with E-state index >= 15 is 0 Å². The van der Waals surface area contributed by atoms with Gasteiger partial charge in [0.15, 0.2) is 0 Å². The molecule has 0 bridgehead atoms. The second kappa shape index (κ2) is 5.99. The number of fused-ring (bicyclic) bond motifs is 1. The summed E-state index contributed by atoms with van der Waals surface area (Å²) in [7, 11) is 0. The molecule has 0 saturated carbocycles. The van der Waals surface area contributed by atoms with E-state index < -0.39 is 5.60 Å². The van der Waals surface area contributed by atoms with Gasteiger partial charge < -0.3 is 15.0 Å². The lowest BCUT2D eigenvalue weighted by molar-refractivity contribution is 0.0527. The molecule has 2 N–H and O–H groups in total. The number of amides is 1. The molecular formula is C16H22N2O2. The molecule has 1 amide bonds. The highest BCUT2D eigenvalue weighted by Gasteiger charge is 2.15. The van der Waals surface area contributed by atoms with E-state index in [-0.39, 0.29) is 6.09 Å². The zero-order valence-corrected chi connectivity index (χ0v) is 12.3. The summed E-state index contributed by atoms with van der Waals surface area (Å²) in [6.45, 7) is 6.20. The maximum absolute atomic E-state index is 11.5. The van der Waals surface area contributed by atoms with Crippen LogP contribution in [0.2, 0.25) is 0 Å². The van der Waals surface area contributed by atoms with Gasteiger partial charge in [0.2, 0.25) is 0 Å². The van der Waals surface area contributed by atoms with E-state index in [4.69, 9.17) is 4.74 Å². The molecule has 0 fully saturated rings. The van der Waals surface area contributed by atoms with Gasteiger partial charge >= 0.3 is 6.09 Å². The third-order valence-corrected chi connectivity index (χ3v) is 2.97. The van der Waals surface area contributed by atoms with Crippen molar-refractivity contribution in [3.05, 3.63) is 36.0 Å². The minimum atomic E-state index is -0.444. The third kappa shape index (κ3) is 4.02. The maximum atomic E-state index is 11.5. The first-order valence-electron chi connectivity index (χ1n) is 6.97. The van der Waals surface area contributed by atoms with E-state index in [0.29, 0.717) is 6.54 Å². The summed E-state index contributed by atoms with van der Waals surface area (Å²) in [4.78, 5) is 14.7. The topological polar surface area (TPSA) is 54.1 Å². The van der Waals surface area contributed by atoms with Crippen LogP contribution >= 0.6 is 0 Å². The number of alkyl carbamates (subject to hydrolysis) is 1. The molecule has 0 saturated heterocycles. The van der Waals surface area contributed by atoms with Crippen LogP contribution in [-0.2, 0) is 11.2 Å². The molecule has 2 aromatic rings. The second-order valence-corrected chi connectivity index (χ2v) is 5.89. The Labute approximate surface area is 119 Å². The molecule has 0 radical (unpaired) electrons. The van der Waals surface area contributed by atoms with Gasteiger partial charge in [-0.3, -0.25) is 0 Å². The van der Waals surface area contributed by atoms with Crippen LogP contribution in [0.3, 0.4) is 0 Å². The van der Waals surface area contributed by atoms with Crippen LogP contribution in [0.4, 0.5) is 4.79 Å². The van der Waals surface area contributed by atoms with E-state index in [0.717, 1.165) is 18.4 Å². The Morgan fingerprint density at radius 1 is 1.30 bits per heavy atom. The van der Waals surface area contributed by atoms with Crippen LogP contribution in [0.5, 0.6) is 0 Å². The number of carbonyl (C=O) groups excluding carboxylic acids is 1. The first-order chi connectivity index (χ1) is 9.46. The van der Waals surface area contributed by atoms with Crippen molar-refractivity contribution in [3.63, 3.8) is 0 Å². The number of aryl methyl sites for hydroxylation is 1. The van der Waals surface area contributed by atoms with Gasteiger partial charge in [-0.25, -0.2) is 4.79 Å². The monoisotopic (exact) mass is 274 g/mol. The number of benzene rings is 1. The quantitative estimate of drug-likeness (QED) is 0.837. The molecule has 1 aromatic heterocycles. The molecule has 4 heteroatoms. The number of aromatic amines is 1. The fourth-order valence-corrected chi connectivity index (χ4v) is 2.12. The summed E-state index contributed by atoms with van der Waals surface area (Å²) in [5, 5.41) is 4.03. The number of hydrogen-bond donors (Lipinski definition) is 2. The fraction of sp³-hybridized carbons (Fsp3) is 0.438. The van der Waals surface area contributed by atoms with E-state index in [1.165, 1.54) is 10.9 Å². The van der Waals surface area contributed by atoms with Gasteiger partial charge in [0.25, 0.3) is 0 Å². The fourth-order valence-electron chi connectivity index (χ4n) is 2.12. The summed E-state index contributed by atoms with van der Waals surface area (Å²) in [5.41, 5.74) is 2.00. The third-order valence-electron chi connectivity index (χ3n) is 2.97. The highest BCUT2D eigenvalue weighted by Crippen LogP contribution is 2.18. The molecule has 108 valence electrons. The number of hydrogen-bond acceptors (Lipinski definition) is 2. The number of H-pyrrole nitrogens is 1. The van der Waals surface area contributed by atoms with Crippen molar-refractivity contribution in [2.45, 2.75) is 39.2 Å². The first kappa shape index (κ1) is 14.4. The van der Waals surface area contributed by atoms with Gasteiger partial charge in [-0.2, -0.15) is 0 Å². The molecule has 20 heavy (non-hydrogen) atoms.